The maximum Gasteiger partial charge on any atom is 0.219 e. The number of benzene rings is 1. The Hall–Kier alpha value is -2.47. The minimum absolute atomic E-state index is 0.146. The molecule has 29 heavy (non-hydrogen) atoms. The van der Waals surface area contributed by atoms with E-state index >= 15 is 0 Å². The summed E-state index contributed by atoms with van der Waals surface area (Å²) in [5.74, 6) is 2.31. The zero-order valence-corrected chi connectivity index (χ0v) is 17.4. The van der Waals surface area contributed by atoms with Crippen LogP contribution >= 0.6 is 0 Å². The van der Waals surface area contributed by atoms with Crippen molar-refractivity contribution in [3.05, 3.63) is 53.1 Å². The lowest BCUT2D eigenvalue weighted by Crippen LogP contribution is -2.33. The van der Waals surface area contributed by atoms with Crippen LogP contribution in [0.2, 0.25) is 0 Å². The quantitative estimate of drug-likeness (QED) is 0.705. The van der Waals surface area contributed by atoms with E-state index in [4.69, 9.17) is 9.72 Å². The van der Waals surface area contributed by atoms with Crippen LogP contribution in [0, 0.1) is 6.92 Å². The summed E-state index contributed by atoms with van der Waals surface area (Å²) in [6.45, 7) is 8.97. The first kappa shape index (κ1) is 19.8. The van der Waals surface area contributed by atoms with Crippen molar-refractivity contribution < 1.29 is 9.53 Å². The van der Waals surface area contributed by atoms with Gasteiger partial charge in [-0.1, -0.05) is 18.2 Å². The van der Waals surface area contributed by atoms with E-state index in [-0.39, 0.29) is 11.8 Å². The van der Waals surface area contributed by atoms with Crippen LogP contribution in [0.1, 0.15) is 48.3 Å². The molecule has 1 aromatic carbocycles. The highest BCUT2D eigenvalue weighted by Gasteiger charge is 2.28. The summed E-state index contributed by atoms with van der Waals surface area (Å²) in [6.07, 6.45) is 4.94. The third-order valence-electron chi connectivity index (χ3n) is 6.00. The van der Waals surface area contributed by atoms with Crippen molar-refractivity contribution in [1.82, 2.24) is 19.8 Å². The van der Waals surface area contributed by atoms with Crippen LogP contribution in [0.4, 0.5) is 0 Å². The van der Waals surface area contributed by atoms with E-state index in [1.165, 1.54) is 16.8 Å². The molecule has 0 spiro atoms. The minimum atomic E-state index is 0.146. The van der Waals surface area contributed by atoms with Gasteiger partial charge in [0, 0.05) is 69.4 Å². The van der Waals surface area contributed by atoms with E-state index in [0.29, 0.717) is 0 Å². The van der Waals surface area contributed by atoms with Crippen LogP contribution < -0.4 is 4.74 Å². The Labute approximate surface area is 172 Å². The first-order chi connectivity index (χ1) is 14.1. The molecule has 0 aliphatic carbocycles. The molecule has 2 aromatic rings. The topological polar surface area (TPSA) is 58.6 Å². The Morgan fingerprint density at radius 1 is 1.28 bits per heavy atom. The Kier molecular flexibility index (Phi) is 6.09. The van der Waals surface area contributed by atoms with Gasteiger partial charge >= 0.3 is 0 Å². The van der Waals surface area contributed by atoms with Crippen molar-refractivity contribution in [1.29, 1.82) is 0 Å². The van der Waals surface area contributed by atoms with Gasteiger partial charge in [0.25, 0.3) is 0 Å². The third-order valence-corrected chi connectivity index (χ3v) is 6.00. The average Bonchev–Trinajstić information content (AvgIpc) is 3.23. The molecule has 6 heteroatoms. The molecule has 0 N–H and O–H groups in total. The second-order valence-electron chi connectivity index (χ2n) is 8.14. The number of amides is 1. The maximum absolute atomic E-state index is 11.6. The summed E-state index contributed by atoms with van der Waals surface area (Å²) in [5.41, 5.74) is 3.60. The smallest absolute Gasteiger partial charge is 0.219 e. The van der Waals surface area contributed by atoms with E-state index in [9.17, 15) is 4.79 Å². The first-order valence-electron chi connectivity index (χ1n) is 10.6. The number of likely N-dealkylation sites (tertiary alicyclic amines) is 1. The predicted molar refractivity (Wildman–Crippen MR) is 112 cm³/mol. The third kappa shape index (κ3) is 4.75. The van der Waals surface area contributed by atoms with Gasteiger partial charge < -0.3 is 9.64 Å². The summed E-state index contributed by atoms with van der Waals surface area (Å²) in [4.78, 5) is 25.4. The van der Waals surface area contributed by atoms with Gasteiger partial charge in [-0.25, -0.2) is 9.97 Å². The van der Waals surface area contributed by atoms with Crippen LogP contribution in [-0.2, 0) is 17.8 Å². The fourth-order valence-corrected chi connectivity index (χ4v) is 4.22. The number of aryl methyl sites for hydroxylation is 1. The number of rotatable bonds is 6. The zero-order chi connectivity index (χ0) is 20.2. The second kappa shape index (κ2) is 8.91. The van der Waals surface area contributed by atoms with Crippen molar-refractivity contribution in [2.75, 3.05) is 32.8 Å². The van der Waals surface area contributed by atoms with Gasteiger partial charge in [-0.3, -0.25) is 9.69 Å². The van der Waals surface area contributed by atoms with Crippen LogP contribution in [0.3, 0.4) is 0 Å². The Morgan fingerprint density at radius 3 is 2.93 bits per heavy atom. The van der Waals surface area contributed by atoms with Crippen LogP contribution in [-0.4, -0.2) is 58.5 Å². The van der Waals surface area contributed by atoms with Crippen molar-refractivity contribution in [3.63, 3.8) is 0 Å². The van der Waals surface area contributed by atoms with E-state index in [0.717, 1.165) is 70.2 Å². The van der Waals surface area contributed by atoms with E-state index in [1.54, 1.807) is 6.92 Å². The number of ether oxygens (including phenoxy) is 1. The van der Waals surface area contributed by atoms with Crippen LogP contribution in [0.5, 0.6) is 5.75 Å². The Morgan fingerprint density at radius 2 is 2.14 bits per heavy atom. The van der Waals surface area contributed by atoms with Crippen molar-refractivity contribution in [2.24, 2.45) is 0 Å². The summed E-state index contributed by atoms with van der Waals surface area (Å²) in [6, 6.07) is 8.16. The molecule has 6 nitrogen and oxygen atoms in total. The summed E-state index contributed by atoms with van der Waals surface area (Å²) < 4.78 is 5.92. The number of nitrogens with zero attached hydrogens (tertiary/aromatic N) is 4. The molecule has 4 rings (SSSR count). The van der Waals surface area contributed by atoms with Crippen LogP contribution in [0.15, 0.2) is 30.5 Å². The molecular formula is C23H30N4O2. The molecular weight excluding hydrogens is 364 g/mol. The predicted octanol–water partition coefficient (Wildman–Crippen LogP) is 2.95. The highest BCUT2D eigenvalue weighted by atomic mass is 16.5. The summed E-state index contributed by atoms with van der Waals surface area (Å²) in [5, 5.41) is 0. The van der Waals surface area contributed by atoms with Gasteiger partial charge in [0.1, 0.15) is 11.6 Å². The molecule has 1 fully saturated rings. The van der Waals surface area contributed by atoms with Gasteiger partial charge in [0.05, 0.1) is 6.61 Å². The molecule has 154 valence electrons. The van der Waals surface area contributed by atoms with Crippen molar-refractivity contribution in [2.45, 2.75) is 45.6 Å². The molecule has 0 unspecified atom stereocenters. The van der Waals surface area contributed by atoms with E-state index in [2.05, 4.69) is 22.9 Å². The fourth-order valence-electron chi connectivity index (χ4n) is 4.22. The Balaban J connectivity index is 1.27. The SMILES string of the molecule is CC(=O)N1CC[C@H](c2ncc3c(n2)CCN(CCCOc2ccccc2C)C3)C1. The molecule has 1 atom stereocenters. The number of hydrogen-bond acceptors (Lipinski definition) is 5. The summed E-state index contributed by atoms with van der Waals surface area (Å²) >= 11 is 0. The lowest BCUT2D eigenvalue weighted by molar-refractivity contribution is -0.127. The number of hydrogen-bond donors (Lipinski definition) is 0. The number of carbonyl (C=O) groups is 1. The monoisotopic (exact) mass is 394 g/mol. The van der Waals surface area contributed by atoms with Gasteiger partial charge in [-0.15, -0.1) is 0 Å². The molecule has 2 aliphatic heterocycles. The highest BCUT2D eigenvalue weighted by molar-refractivity contribution is 5.73. The first-order valence-corrected chi connectivity index (χ1v) is 10.6. The minimum Gasteiger partial charge on any atom is -0.493 e. The largest absolute Gasteiger partial charge is 0.493 e. The zero-order valence-electron chi connectivity index (χ0n) is 17.4. The number of aromatic nitrogens is 2. The summed E-state index contributed by atoms with van der Waals surface area (Å²) in [7, 11) is 0. The maximum atomic E-state index is 11.6. The lowest BCUT2D eigenvalue weighted by atomic mass is 10.0. The molecule has 1 saturated heterocycles. The van der Waals surface area contributed by atoms with Crippen molar-refractivity contribution in [3.8, 4) is 5.75 Å². The van der Waals surface area contributed by atoms with Gasteiger partial charge in [0.2, 0.25) is 5.91 Å². The van der Waals surface area contributed by atoms with Crippen LogP contribution in [0.25, 0.3) is 0 Å². The van der Waals surface area contributed by atoms with Gasteiger partial charge in [-0.2, -0.15) is 0 Å². The van der Waals surface area contributed by atoms with Crippen molar-refractivity contribution >= 4 is 5.91 Å². The Bertz CT molecular complexity index is 870. The molecule has 0 saturated carbocycles. The van der Waals surface area contributed by atoms with Gasteiger partial charge in [-0.05, 0) is 31.4 Å². The molecule has 0 bridgehead atoms. The molecule has 1 aromatic heterocycles. The normalized spacial score (nSPS) is 19.2. The molecule has 3 heterocycles. The fraction of sp³-hybridized carbons (Fsp3) is 0.522. The van der Waals surface area contributed by atoms with E-state index < -0.39 is 0 Å². The second-order valence-corrected chi connectivity index (χ2v) is 8.14. The average molecular weight is 395 g/mol. The van der Waals surface area contributed by atoms with E-state index in [1.807, 2.05) is 29.3 Å². The number of fused-ring (bicyclic) bond motifs is 1. The lowest BCUT2D eigenvalue weighted by Gasteiger charge is -2.28. The molecule has 1 amide bonds. The molecule has 2 aliphatic rings. The molecule has 0 radical (unpaired) electrons. The highest BCUT2D eigenvalue weighted by Crippen LogP contribution is 2.26. The number of para-hydroxylation sites is 1. The standard InChI is InChI=1S/C23H30N4O2/c1-17-6-3-4-7-22(17)29-13-5-10-26-11-9-21-20(15-26)14-24-23(25-21)19-8-12-27(16-19)18(2)28/h3-4,6-7,14,19H,5,8-13,15-16H2,1-2H3/t19-/m0/s1. The number of carbonyl (C=O) groups excluding carboxylic acids is 1. The van der Waals surface area contributed by atoms with Gasteiger partial charge in [0.15, 0.2) is 0 Å².